The number of likely N-dealkylation sites (tertiary alicyclic amines) is 1. The maximum absolute atomic E-state index is 14.0. The monoisotopic (exact) mass is 619 g/mol. The van der Waals surface area contributed by atoms with Crippen LogP contribution in [0.4, 0.5) is 0 Å². The molecule has 0 spiro atoms. The summed E-state index contributed by atoms with van der Waals surface area (Å²) >= 11 is 1.24. The number of benzene rings is 2. The Morgan fingerprint density at radius 3 is 2.57 bits per heavy atom. The number of carbonyl (C=O) groups excluding carboxylic acids is 2. The number of fused-ring (bicyclic) bond motifs is 1. The molecule has 5 rings (SSSR count). The smallest absolute Gasteiger partial charge is 0.338 e. The average molecular weight is 620 g/mol. The summed E-state index contributed by atoms with van der Waals surface area (Å²) in [5.74, 6) is 0.965. The van der Waals surface area contributed by atoms with E-state index in [1.807, 2.05) is 42.2 Å². The molecule has 0 saturated carbocycles. The van der Waals surface area contributed by atoms with Crippen LogP contribution in [0.15, 0.2) is 63.5 Å². The molecule has 0 N–H and O–H groups in total. The second-order valence-electron chi connectivity index (χ2n) is 10.8. The lowest BCUT2D eigenvalue weighted by molar-refractivity contribution is -0.143. The van der Waals surface area contributed by atoms with E-state index in [9.17, 15) is 14.4 Å². The minimum Gasteiger partial charge on any atom is -0.497 e. The van der Waals surface area contributed by atoms with Crippen molar-refractivity contribution >= 4 is 29.3 Å². The molecule has 3 aromatic rings. The summed E-state index contributed by atoms with van der Waals surface area (Å²) in [7, 11) is 1.57. The number of carbonyl (C=O) groups is 2. The third kappa shape index (κ3) is 6.57. The fourth-order valence-electron chi connectivity index (χ4n) is 5.34. The van der Waals surface area contributed by atoms with Gasteiger partial charge < -0.3 is 23.8 Å². The highest BCUT2D eigenvalue weighted by molar-refractivity contribution is 7.07. The number of amides is 1. The normalized spacial score (nSPS) is 16.5. The summed E-state index contributed by atoms with van der Waals surface area (Å²) in [5.41, 5.74) is 1.91. The van der Waals surface area contributed by atoms with Crippen molar-refractivity contribution in [2.24, 2.45) is 4.99 Å². The van der Waals surface area contributed by atoms with E-state index in [0.29, 0.717) is 55.6 Å². The number of methoxy groups -OCH3 is 1. The predicted octanol–water partition coefficient (Wildman–Crippen LogP) is 3.60. The van der Waals surface area contributed by atoms with E-state index < -0.39 is 12.0 Å². The number of ether oxygens (including phenoxy) is 4. The second kappa shape index (κ2) is 13.5. The van der Waals surface area contributed by atoms with Crippen LogP contribution >= 0.6 is 11.3 Å². The molecule has 2 aliphatic heterocycles. The molecule has 11 heteroatoms. The van der Waals surface area contributed by atoms with Crippen LogP contribution in [0.2, 0.25) is 0 Å². The van der Waals surface area contributed by atoms with Crippen molar-refractivity contribution < 1.29 is 28.5 Å². The largest absolute Gasteiger partial charge is 0.497 e. The first-order valence-corrected chi connectivity index (χ1v) is 15.6. The molecular formula is C33H37N3O7S. The molecule has 0 radical (unpaired) electrons. The van der Waals surface area contributed by atoms with Gasteiger partial charge in [0.15, 0.2) is 22.9 Å². The Labute approximate surface area is 259 Å². The third-order valence-corrected chi connectivity index (χ3v) is 8.35. The molecule has 0 aliphatic carbocycles. The SMILES string of the molecule is CCOc1cc(/C=c2\sc3n(c2=O)[C@@H](c2cccc(OC)c2)C(C(=O)OC(C)C)=C(C)N=3)ccc1OCC(=O)N1CCCC1. The fraction of sp³-hybridized carbons (Fsp3) is 0.394. The molecule has 0 unspecified atom stereocenters. The molecule has 1 aromatic heterocycles. The fourth-order valence-corrected chi connectivity index (χ4v) is 6.38. The van der Waals surface area contributed by atoms with E-state index in [1.165, 1.54) is 11.3 Å². The Hall–Kier alpha value is -4.38. The molecule has 232 valence electrons. The van der Waals surface area contributed by atoms with Gasteiger partial charge in [-0.15, -0.1) is 0 Å². The van der Waals surface area contributed by atoms with Crippen LogP contribution in [-0.2, 0) is 14.3 Å². The van der Waals surface area contributed by atoms with Crippen molar-refractivity contribution in [3.63, 3.8) is 0 Å². The Morgan fingerprint density at radius 1 is 1.09 bits per heavy atom. The van der Waals surface area contributed by atoms with Crippen molar-refractivity contribution in [3.05, 3.63) is 84.5 Å². The minimum atomic E-state index is -0.752. The van der Waals surface area contributed by atoms with Gasteiger partial charge in [0, 0.05) is 13.1 Å². The maximum Gasteiger partial charge on any atom is 0.338 e. The molecular weight excluding hydrogens is 582 g/mol. The van der Waals surface area contributed by atoms with Crippen LogP contribution in [0, 0.1) is 0 Å². The number of rotatable bonds is 10. The lowest BCUT2D eigenvalue weighted by Gasteiger charge is -2.25. The highest BCUT2D eigenvalue weighted by atomic mass is 32.1. The number of hydrogen-bond donors (Lipinski definition) is 0. The molecule has 2 aromatic carbocycles. The number of esters is 1. The van der Waals surface area contributed by atoms with Gasteiger partial charge in [0.2, 0.25) is 0 Å². The number of hydrogen-bond acceptors (Lipinski definition) is 9. The van der Waals surface area contributed by atoms with Crippen molar-refractivity contribution in [3.8, 4) is 17.2 Å². The summed E-state index contributed by atoms with van der Waals surface area (Å²) < 4.78 is 24.7. The van der Waals surface area contributed by atoms with Crippen molar-refractivity contribution in [2.75, 3.05) is 33.4 Å². The van der Waals surface area contributed by atoms with Gasteiger partial charge in [-0.1, -0.05) is 29.5 Å². The Kier molecular flexibility index (Phi) is 9.53. The predicted molar refractivity (Wildman–Crippen MR) is 167 cm³/mol. The van der Waals surface area contributed by atoms with E-state index in [0.717, 1.165) is 25.9 Å². The average Bonchev–Trinajstić information content (AvgIpc) is 3.64. The Bertz CT molecular complexity index is 1770. The highest BCUT2D eigenvalue weighted by Crippen LogP contribution is 2.33. The zero-order chi connectivity index (χ0) is 31.4. The van der Waals surface area contributed by atoms with E-state index in [-0.39, 0.29) is 24.2 Å². The van der Waals surface area contributed by atoms with E-state index in [2.05, 4.69) is 4.99 Å². The van der Waals surface area contributed by atoms with Gasteiger partial charge in [0.1, 0.15) is 5.75 Å². The second-order valence-corrected chi connectivity index (χ2v) is 11.8. The highest BCUT2D eigenvalue weighted by Gasteiger charge is 2.34. The Balaban J connectivity index is 1.54. The summed E-state index contributed by atoms with van der Waals surface area (Å²) in [4.78, 5) is 46.8. The zero-order valence-electron chi connectivity index (χ0n) is 25.6. The zero-order valence-corrected chi connectivity index (χ0v) is 26.4. The van der Waals surface area contributed by atoms with Crippen LogP contribution in [0.5, 0.6) is 17.2 Å². The van der Waals surface area contributed by atoms with Crippen molar-refractivity contribution in [1.82, 2.24) is 9.47 Å². The topological polar surface area (TPSA) is 109 Å². The standard InChI is InChI=1S/C33H37N3O7S/c1-6-41-26-16-22(12-13-25(26)42-19-28(37)35-14-7-8-15-35)17-27-31(38)36-30(23-10-9-11-24(18-23)40-5)29(32(39)43-20(2)3)21(4)34-33(36)44-27/h9-13,16-18,20,30H,6-8,14-15,19H2,1-5H3/b27-17-/t30-/m0/s1. The molecule has 1 saturated heterocycles. The van der Waals surface area contributed by atoms with Crippen LogP contribution in [0.3, 0.4) is 0 Å². The summed E-state index contributed by atoms with van der Waals surface area (Å²) in [6.45, 7) is 9.03. The number of aromatic nitrogens is 1. The van der Waals surface area contributed by atoms with Gasteiger partial charge in [0.25, 0.3) is 11.5 Å². The lowest BCUT2D eigenvalue weighted by Crippen LogP contribution is -2.40. The minimum absolute atomic E-state index is 0.0485. The van der Waals surface area contributed by atoms with Gasteiger partial charge in [-0.05, 0) is 82.0 Å². The molecule has 44 heavy (non-hydrogen) atoms. The van der Waals surface area contributed by atoms with Gasteiger partial charge >= 0.3 is 5.97 Å². The first kappa shape index (κ1) is 31.1. The number of thiazole rings is 1. The van der Waals surface area contributed by atoms with Crippen LogP contribution < -0.4 is 29.1 Å². The third-order valence-electron chi connectivity index (χ3n) is 7.37. The van der Waals surface area contributed by atoms with Gasteiger partial charge in [0.05, 0.1) is 41.7 Å². The van der Waals surface area contributed by atoms with Crippen molar-refractivity contribution in [1.29, 1.82) is 0 Å². The first-order chi connectivity index (χ1) is 21.2. The van der Waals surface area contributed by atoms with Crippen LogP contribution in [0.1, 0.15) is 57.7 Å². The lowest BCUT2D eigenvalue weighted by atomic mass is 9.95. The molecule has 10 nitrogen and oxygen atoms in total. The summed E-state index contributed by atoms with van der Waals surface area (Å²) in [6, 6.07) is 11.9. The van der Waals surface area contributed by atoms with Crippen LogP contribution in [-0.4, -0.2) is 60.9 Å². The van der Waals surface area contributed by atoms with E-state index in [1.54, 1.807) is 50.7 Å². The molecule has 0 bridgehead atoms. The molecule has 1 atom stereocenters. The Morgan fingerprint density at radius 2 is 1.86 bits per heavy atom. The maximum atomic E-state index is 14.0. The summed E-state index contributed by atoms with van der Waals surface area (Å²) in [5, 5.41) is 0. The number of allylic oxidation sites excluding steroid dienone is 1. The van der Waals surface area contributed by atoms with Gasteiger partial charge in [-0.25, -0.2) is 9.79 Å². The summed E-state index contributed by atoms with van der Waals surface area (Å²) in [6.07, 6.45) is 3.45. The van der Waals surface area contributed by atoms with E-state index >= 15 is 0 Å². The van der Waals surface area contributed by atoms with E-state index in [4.69, 9.17) is 18.9 Å². The van der Waals surface area contributed by atoms with Gasteiger partial charge in [-0.2, -0.15) is 0 Å². The first-order valence-electron chi connectivity index (χ1n) is 14.7. The molecule has 1 amide bonds. The van der Waals surface area contributed by atoms with Crippen molar-refractivity contribution in [2.45, 2.75) is 52.7 Å². The van der Waals surface area contributed by atoms with Crippen LogP contribution in [0.25, 0.3) is 6.08 Å². The van der Waals surface area contributed by atoms with Gasteiger partial charge in [-0.3, -0.25) is 14.2 Å². The molecule has 2 aliphatic rings. The quantitative estimate of drug-likeness (QED) is 0.319. The molecule has 3 heterocycles. The number of nitrogens with zero attached hydrogens (tertiary/aromatic N) is 3. The molecule has 1 fully saturated rings.